The number of amides is 1. The maximum absolute atomic E-state index is 11.8. The maximum atomic E-state index is 11.8. The third-order valence-electron chi connectivity index (χ3n) is 3.12. The van der Waals surface area contributed by atoms with Crippen LogP contribution in [0.2, 0.25) is 5.02 Å². The lowest BCUT2D eigenvalue weighted by Crippen LogP contribution is -2.31. The molecule has 0 aliphatic heterocycles. The van der Waals surface area contributed by atoms with Gasteiger partial charge in [-0.2, -0.15) is 0 Å². The van der Waals surface area contributed by atoms with Crippen molar-refractivity contribution in [3.05, 3.63) is 35.1 Å². The molecule has 1 atom stereocenters. The monoisotopic (exact) mass is 364 g/mol. The van der Waals surface area contributed by atoms with E-state index in [2.05, 4.69) is 21.4 Å². The van der Waals surface area contributed by atoms with Crippen molar-refractivity contribution < 1.29 is 9.53 Å². The molecule has 1 aromatic carbocycles. The number of thioether (sulfide) groups is 1. The largest absolute Gasteiger partial charge is 0.486 e. The molecule has 0 saturated heterocycles. The molecule has 0 fully saturated rings. The van der Waals surface area contributed by atoms with Gasteiger partial charge in [-0.25, -0.2) is 0 Å². The summed E-state index contributed by atoms with van der Waals surface area (Å²) < 4.78 is 7.45. The third-order valence-corrected chi connectivity index (χ3v) is 4.51. The van der Waals surface area contributed by atoms with Crippen LogP contribution in [-0.4, -0.2) is 32.5 Å². The highest BCUT2D eigenvalue weighted by Gasteiger charge is 2.18. The number of aromatic nitrogens is 3. The van der Waals surface area contributed by atoms with Crippen LogP contribution in [0.3, 0.4) is 0 Å². The van der Waals surface area contributed by atoms with Crippen molar-refractivity contribution in [1.82, 2.24) is 20.1 Å². The van der Waals surface area contributed by atoms with Gasteiger partial charge in [0.25, 0.3) is 0 Å². The van der Waals surface area contributed by atoms with E-state index >= 15 is 0 Å². The van der Waals surface area contributed by atoms with Crippen LogP contribution in [0.1, 0.15) is 12.7 Å². The van der Waals surface area contributed by atoms with Crippen molar-refractivity contribution in [2.75, 3.05) is 6.54 Å². The fourth-order valence-corrected chi connectivity index (χ4v) is 2.73. The Kier molecular flexibility index (Phi) is 6.53. The van der Waals surface area contributed by atoms with Gasteiger partial charge in [-0.15, -0.1) is 16.6 Å². The van der Waals surface area contributed by atoms with E-state index in [1.165, 1.54) is 11.8 Å². The second-order valence-corrected chi connectivity index (χ2v) is 6.63. The number of carbonyl (C=O) groups excluding carboxylic acids is 1. The summed E-state index contributed by atoms with van der Waals surface area (Å²) in [5.41, 5.74) is 0. The number of carbonyl (C=O) groups is 1. The van der Waals surface area contributed by atoms with Crippen LogP contribution in [-0.2, 0) is 18.4 Å². The molecule has 6 nitrogen and oxygen atoms in total. The van der Waals surface area contributed by atoms with Gasteiger partial charge in [0.2, 0.25) is 5.91 Å². The average Bonchev–Trinajstić information content (AvgIpc) is 2.92. The Morgan fingerprint density at radius 1 is 1.46 bits per heavy atom. The van der Waals surface area contributed by atoms with E-state index in [1.54, 1.807) is 35.8 Å². The van der Waals surface area contributed by atoms with Gasteiger partial charge in [0.1, 0.15) is 12.4 Å². The summed E-state index contributed by atoms with van der Waals surface area (Å²) in [6, 6.07) is 7.08. The smallest absolute Gasteiger partial charge is 0.234 e. The average molecular weight is 365 g/mol. The molecule has 2 rings (SSSR count). The van der Waals surface area contributed by atoms with Gasteiger partial charge in [-0.05, 0) is 31.2 Å². The van der Waals surface area contributed by atoms with Crippen LogP contribution in [0.15, 0.2) is 29.4 Å². The minimum atomic E-state index is -0.328. The van der Waals surface area contributed by atoms with E-state index in [0.29, 0.717) is 21.8 Å². The first-order valence-electron chi connectivity index (χ1n) is 7.15. The van der Waals surface area contributed by atoms with Gasteiger partial charge in [-0.3, -0.25) is 4.79 Å². The van der Waals surface area contributed by atoms with Crippen LogP contribution < -0.4 is 10.1 Å². The molecule has 1 unspecified atom stereocenters. The number of benzene rings is 1. The van der Waals surface area contributed by atoms with Crippen LogP contribution in [0.25, 0.3) is 0 Å². The van der Waals surface area contributed by atoms with Crippen molar-refractivity contribution in [3.63, 3.8) is 0 Å². The Morgan fingerprint density at radius 2 is 2.17 bits per heavy atom. The van der Waals surface area contributed by atoms with Crippen LogP contribution in [0, 0.1) is 12.3 Å². The van der Waals surface area contributed by atoms with E-state index in [4.69, 9.17) is 22.8 Å². The minimum Gasteiger partial charge on any atom is -0.486 e. The summed E-state index contributed by atoms with van der Waals surface area (Å²) in [6.07, 6.45) is 5.13. The van der Waals surface area contributed by atoms with Gasteiger partial charge in [0.05, 0.1) is 11.8 Å². The first-order valence-corrected chi connectivity index (χ1v) is 8.41. The normalized spacial score (nSPS) is 11.6. The number of hydrogen-bond donors (Lipinski definition) is 1. The summed E-state index contributed by atoms with van der Waals surface area (Å²) in [6.45, 7) is 2.27. The fourth-order valence-electron chi connectivity index (χ4n) is 1.75. The Balaban J connectivity index is 1.94. The fraction of sp³-hybridized carbons (Fsp3) is 0.312. The van der Waals surface area contributed by atoms with Crippen molar-refractivity contribution >= 4 is 29.3 Å². The molecular weight excluding hydrogens is 348 g/mol. The van der Waals surface area contributed by atoms with Gasteiger partial charge in [0, 0.05) is 12.1 Å². The lowest BCUT2D eigenvalue weighted by molar-refractivity contribution is -0.120. The van der Waals surface area contributed by atoms with E-state index in [1.807, 2.05) is 7.05 Å². The zero-order valence-corrected chi connectivity index (χ0v) is 14.9. The van der Waals surface area contributed by atoms with Crippen LogP contribution >= 0.6 is 23.4 Å². The first kappa shape index (κ1) is 18.2. The van der Waals surface area contributed by atoms with E-state index in [9.17, 15) is 4.79 Å². The van der Waals surface area contributed by atoms with Crippen LogP contribution in [0.5, 0.6) is 5.75 Å². The molecule has 0 spiro atoms. The van der Waals surface area contributed by atoms with E-state index in [0.717, 1.165) is 0 Å². The molecule has 0 aliphatic carbocycles. The number of hydrogen-bond acceptors (Lipinski definition) is 5. The zero-order chi connectivity index (χ0) is 17.5. The Labute approximate surface area is 149 Å². The van der Waals surface area contributed by atoms with Crippen molar-refractivity contribution in [2.24, 2.45) is 7.05 Å². The molecule has 2 aromatic rings. The topological polar surface area (TPSA) is 69.0 Å². The molecule has 0 radical (unpaired) electrons. The summed E-state index contributed by atoms with van der Waals surface area (Å²) in [4.78, 5) is 11.8. The second-order valence-electron chi connectivity index (χ2n) is 4.88. The van der Waals surface area contributed by atoms with E-state index in [-0.39, 0.29) is 24.3 Å². The lowest BCUT2D eigenvalue weighted by atomic mass is 10.3. The molecule has 1 heterocycles. The number of terminal acetylenes is 1. The van der Waals surface area contributed by atoms with Gasteiger partial charge >= 0.3 is 0 Å². The summed E-state index contributed by atoms with van der Waals surface area (Å²) in [5, 5.41) is 11.8. The molecule has 24 heavy (non-hydrogen) atoms. The summed E-state index contributed by atoms with van der Waals surface area (Å²) >= 11 is 7.14. The molecule has 0 saturated carbocycles. The SMILES string of the molecule is C#CCNC(=O)C(C)Sc1nnc(COc2ccc(Cl)cc2)n1C. The predicted molar refractivity (Wildman–Crippen MR) is 93.9 cm³/mol. The first-order chi connectivity index (χ1) is 11.5. The number of rotatable bonds is 7. The number of ether oxygens (including phenoxy) is 1. The van der Waals surface area contributed by atoms with Gasteiger partial charge < -0.3 is 14.6 Å². The second kappa shape index (κ2) is 8.62. The zero-order valence-electron chi connectivity index (χ0n) is 13.3. The highest BCUT2D eigenvalue weighted by Crippen LogP contribution is 2.22. The molecule has 126 valence electrons. The Hall–Kier alpha value is -2.17. The highest BCUT2D eigenvalue weighted by atomic mass is 35.5. The maximum Gasteiger partial charge on any atom is 0.234 e. The Bertz CT molecular complexity index is 740. The minimum absolute atomic E-state index is 0.139. The van der Waals surface area contributed by atoms with Crippen molar-refractivity contribution in [2.45, 2.75) is 23.9 Å². The highest BCUT2D eigenvalue weighted by molar-refractivity contribution is 8.00. The standard InChI is InChI=1S/C16H17ClN4O2S/c1-4-9-18-15(22)11(2)24-16-20-19-14(21(16)3)10-23-13-7-5-12(17)6-8-13/h1,5-8,11H,9-10H2,2-3H3,(H,18,22). The number of nitrogens with one attached hydrogen (secondary N) is 1. The summed E-state index contributed by atoms with van der Waals surface area (Å²) in [5.74, 6) is 3.58. The van der Waals surface area contributed by atoms with Crippen molar-refractivity contribution in [1.29, 1.82) is 0 Å². The molecule has 1 amide bonds. The number of nitrogens with zero attached hydrogens (tertiary/aromatic N) is 3. The summed E-state index contributed by atoms with van der Waals surface area (Å²) in [7, 11) is 1.83. The molecule has 0 bridgehead atoms. The van der Waals surface area contributed by atoms with Crippen LogP contribution in [0.4, 0.5) is 0 Å². The Morgan fingerprint density at radius 3 is 2.83 bits per heavy atom. The molecule has 1 N–H and O–H groups in total. The molecule has 8 heteroatoms. The van der Waals surface area contributed by atoms with E-state index < -0.39 is 0 Å². The molecular formula is C16H17ClN4O2S. The molecule has 1 aromatic heterocycles. The third kappa shape index (κ3) is 4.91. The predicted octanol–water partition coefficient (Wildman–Crippen LogP) is 2.28. The lowest BCUT2D eigenvalue weighted by Gasteiger charge is -2.10. The quantitative estimate of drug-likeness (QED) is 0.603. The van der Waals surface area contributed by atoms with Gasteiger partial charge in [0.15, 0.2) is 11.0 Å². The van der Waals surface area contributed by atoms with Gasteiger partial charge in [-0.1, -0.05) is 29.3 Å². The number of halogens is 1. The molecule has 0 aliphatic rings. The van der Waals surface area contributed by atoms with Crippen molar-refractivity contribution in [3.8, 4) is 18.1 Å².